The number of amides is 1. The van der Waals surface area contributed by atoms with E-state index in [1.807, 2.05) is 0 Å². The molecule has 2 heterocycles. The standard InChI is InChI=1S/C10H7FN6O/c11-4-1-2-6-5(3-4)7(8(13-6)9(12)18)10-14-16-17-15-10/h1-3,13H,(H2,12,18)(H,14,15,16,17). The van der Waals surface area contributed by atoms with E-state index in [0.717, 1.165) is 0 Å². The normalized spacial score (nSPS) is 10.9. The van der Waals surface area contributed by atoms with E-state index in [4.69, 9.17) is 5.73 Å². The Morgan fingerprint density at radius 2 is 2.22 bits per heavy atom. The highest BCUT2D eigenvalue weighted by atomic mass is 19.1. The molecule has 0 spiro atoms. The molecule has 0 aliphatic heterocycles. The molecule has 90 valence electrons. The largest absolute Gasteiger partial charge is 0.364 e. The van der Waals surface area contributed by atoms with Gasteiger partial charge in [0, 0.05) is 10.9 Å². The molecule has 0 radical (unpaired) electrons. The number of tetrazole rings is 1. The van der Waals surface area contributed by atoms with Crippen molar-refractivity contribution in [1.82, 2.24) is 25.6 Å². The summed E-state index contributed by atoms with van der Waals surface area (Å²) in [4.78, 5) is 14.2. The molecule has 0 saturated carbocycles. The van der Waals surface area contributed by atoms with Crippen LogP contribution in [0, 0.1) is 5.82 Å². The van der Waals surface area contributed by atoms with Crippen LogP contribution >= 0.6 is 0 Å². The molecule has 8 heteroatoms. The summed E-state index contributed by atoms with van der Waals surface area (Å²) in [5.74, 6) is -0.922. The van der Waals surface area contributed by atoms with Crippen molar-refractivity contribution >= 4 is 16.8 Å². The van der Waals surface area contributed by atoms with Gasteiger partial charge in [-0.1, -0.05) is 0 Å². The molecule has 3 rings (SSSR count). The predicted molar refractivity (Wildman–Crippen MR) is 59.9 cm³/mol. The number of rotatable bonds is 2. The average Bonchev–Trinajstić information content (AvgIpc) is 2.93. The van der Waals surface area contributed by atoms with E-state index in [2.05, 4.69) is 25.6 Å². The van der Waals surface area contributed by atoms with Gasteiger partial charge in [0.15, 0.2) is 0 Å². The predicted octanol–water partition coefficient (Wildman–Crippen LogP) is 0.586. The Labute approximate surface area is 99.2 Å². The van der Waals surface area contributed by atoms with Crippen LogP contribution < -0.4 is 5.73 Å². The molecule has 4 N–H and O–H groups in total. The van der Waals surface area contributed by atoms with E-state index >= 15 is 0 Å². The van der Waals surface area contributed by atoms with Crippen molar-refractivity contribution in [3.63, 3.8) is 0 Å². The van der Waals surface area contributed by atoms with E-state index in [9.17, 15) is 9.18 Å². The van der Waals surface area contributed by atoms with E-state index in [0.29, 0.717) is 16.5 Å². The number of benzene rings is 1. The van der Waals surface area contributed by atoms with Crippen molar-refractivity contribution in [2.24, 2.45) is 5.73 Å². The molecular weight excluding hydrogens is 239 g/mol. The van der Waals surface area contributed by atoms with Gasteiger partial charge in [-0.05, 0) is 23.4 Å². The summed E-state index contributed by atoms with van der Waals surface area (Å²) in [6.45, 7) is 0. The third-order valence-electron chi connectivity index (χ3n) is 2.58. The third kappa shape index (κ3) is 1.43. The number of halogens is 1. The maximum Gasteiger partial charge on any atom is 0.265 e. The fourth-order valence-electron chi connectivity index (χ4n) is 1.85. The minimum atomic E-state index is -0.675. The number of nitrogens with one attached hydrogen (secondary N) is 2. The first-order chi connectivity index (χ1) is 8.66. The Bertz CT molecular complexity index is 732. The van der Waals surface area contributed by atoms with Crippen LogP contribution in [0.2, 0.25) is 0 Å². The highest BCUT2D eigenvalue weighted by Crippen LogP contribution is 2.30. The molecular formula is C10H7FN6O. The lowest BCUT2D eigenvalue weighted by molar-refractivity contribution is 0.0997. The number of carbonyl (C=O) groups is 1. The average molecular weight is 246 g/mol. The highest BCUT2D eigenvalue weighted by Gasteiger charge is 2.20. The zero-order valence-corrected chi connectivity index (χ0v) is 8.94. The van der Waals surface area contributed by atoms with Gasteiger partial charge in [0.2, 0.25) is 5.82 Å². The lowest BCUT2D eigenvalue weighted by Crippen LogP contribution is -2.12. The maximum atomic E-state index is 13.3. The number of hydrogen-bond acceptors (Lipinski definition) is 4. The molecule has 7 nitrogen and oxygen atoms in total. The Hall–Kier alpha value is -2.77. The molecule has 2 aromatic heterocycles. The van der Waals surface area contributed by atoms with Crippen LogP contribution in [0.4, 0.5) is 4.39 Å². The number of nitrogens with two attached hydrogens (primary N) is 1. The lowest BCUT2D eigenvalue weighted by atomic mass is 10.1. The van der Waals surface area contributed by atoms with Crippen LogP contribution in [0.25, 0.3) is 22.3 Å². The molecule has 0 atom stereocenters. The van der Waals surface area contributed by atoms with Gasteiger partial charge in [-0.25, -0.2) is 4.39 Å². The smallest absolute Gasteiger partial charge is 0.265 e. The van der Waals surface area contributed by atoms with Gasteiger partial charge >= 0.3 is 0 Å². The van der Waals surface area contributed by atoms with Crippen LogP contribution in [-0.2, 0) is 0 Å². The van der Waals surface area contributed by atoms with E-state index in [1.165, 1.54) is 18.2 Å². The molecule has 1 aromatic carbocycles. The second-order valence-corrected chi connectivity index (χ2v) is 3.66. The van der Waals surface area contributed by atoms with Crippen LogP contribution in [-0.4, -0.2) is 31.5 Å². The summed E-state index contributed by atoms with van der Waals surface area (Å²) in [7, 11) is 0. The summed E-state index contributed by atoms with van der Waals surface area (Å²) in [6.07, 6.45) is 0. The van der Waals surface area contributed by atoms with Crippen LogP contribution in [0.1, 0.15) is 10.5 Å². The van der Waals surface area contributed by atoms with Crippen molar-refractivity contribution in [3.05, 3.63) is 29.7 Å². The van der Waals surface area contributed by atoms with Gasteiger partial charge in [-0.15, -0.1) is 10.2 Å². The molecule has 0 bridgehead atoms. The lowest BCUT2D eigenvalue weighted by Gasteiger charge is -1.95. The molecule has 0 aliphatic rings. The Morgan fingerprint density at radius 1 is 1.39 bits per heavy atom. The first kappa shape index (κ1) is 10.4. The van der Waals surface area contributed by atoms with Crippen molar-refractivity contribution in [2.75, 3.05) is 0 Å². The van der Waals surface area contributed by atoms with E-state index in [1.54, 1.807) is 0 Å². The number of primary amides is 1. The van der Waals surface area contributed by atoms with Gasteiger partial charge in [0.1, 0.15) is 11.5 Å². The number of carbonyl (C=O) groups excluding carboxylic acids is 1. The zero-order valence-electron chi connectivity index (χ0n) is 8.94. The summed E-state index contributed by atoms with van der Waals surface area (Å²) in [5, 5.41) is 13.7. The fraction of sp³-hybridized carbons (Fsp3) is 0. The molecule has 0 saturated heterocycles. The SMILES string of the molecule is NC(=O)c1[nH]c2ccc(F)cc2c1-c1nn[nH]n1. The summed E-state index contributed by atoms with van der Waals surface area (Å²) in [6, 6.07) is 4.08. The van der Waals surface area contributed by atoms with Gasteiger partial charge in [-0.2, -0.15) is 5.21 Å². The van der Waals surface area contributed by atoms with Crippen molar-refractivity contribution in [3.8, 4) is 11.4 Å². The molecule has 0 aliphatic carbocycles. The van der Waals surface area contributed by atoms with Gasteiger partial charge < -0.3 is 10.7 Å². The molecule has 18 heavy (non-hydrogen) atoms. The van der Waals surface area contributed by atoms with E-state index in [-0.39, 0.29) is 11.5 Å². The second-order valence-electron chi connectivity index (χ2n) is 3.66. The van der Waals surface area contributed by atoms with E-state index < -0.39 is 11.7 Å². The van der Waals surface area contributed by atoms with Crippen molar-refractivity contribution in [2.45, 2.75) is 0 Å². The minimum absolute atomic E-state index is 0.122. The number of fused-ring (bicyclic) bond motifs is 1. The van der Waals surface area contributed by atoms with Gasteiger partial charge in [-0.3, -0.25) is 4.79 Å². The number of aromatic amines is 2. The minimum Gasteiger partial charge on any atom is -0.364 e. The van der Waals surface area contributed by atoms with Crippen LogP contribution in [0.5, 0.6) is 0 Å². The zero-order chi connectivity index (χ0) is 12.7. The van der Waals surface area contributed by atoms with Crippen molar-refractivity contribution in [1.29, 1.82) is 0 Å². The van der Waals surface area contributed by atoms with Crippen molar-refractivity contribution < 1.29 is 9.18 Å². The summed E-state index contributed by atoms with van der Waals surface area (Å²) < 4.78 is 13.3. The molecule has 0 fully saturated rings. The maximum absolute atomic E-state index is 13.3. The molecule has 3 aromatic rings. The summed E-state index contributed by atoms with van der Waals surface area (Å²) >= 11 is 0. The number of hydrogen-bond donors (Lipinski definition) is 3. The Morgan fingerprint density at radius 3 is 2.89 bits per heavy atom. The second kappa shape index (κ2) is 3.62. The molecule has 0 unspecified atom stereocenters. The summed E-state index contributed by atoms with van der Waals surface area (Å²) in [5.41, 5.74) is 6.31. The van der Waals surface area contributed by atoms with Crippen LogP contribution in [0.3, 0.4) is 0 Å². The highest BCUT2D eigenvalue weighted by molar-refractivity contribution is 6.08. The number of nitrogens with zero attached hydrogens (tertiary/aromatic N) is 3. The third-order valence-corrected chi connectivity index (χ3v) is 2.58. The quantitative estimate of drug-likeness (QED) is 0.613. The topological polar surface area (TPSA) is 113 Å². The number of H-pyrrole nitrogens is 2. The van der Waals surface area contributed by atoms with Gasteiger partial charge in [0.05, 0.1) is 5.56 Å². The molecule has 1 amide bonds. The first-order valence-corrected chi connectivity index (χ1v) is 5.01. The fourth-order valence-corrected chi connectivity index (χ4v) is 1.85. The monoisotopic (exact) mass is 246 g/mol. The van der Waals surface area contributed by atoms with Gasteiger partial charge in [0.25, 0.3) is 5.91 Å². The number of aromatic nitrogens is 5. The van der Waals surface area contributed by atoms with Crippen LogP contribution in [0.15, 0.2) is 18.2 Å². The first-order valence-electron chi connectivity index (χ1n) is 5.01. The Kier molecular flexibility index (Phi) is 2.09. The Balaban J connectivity index is 2.41.